The van der Waals surface area contributed by atoms with Crippen molar-refractivity contribution < 1.29 is 4.39 Å². The van der Waals surface area contributed by atoms with Gasteiger partial charge in [-0.25, -0.2) is 0 Å². The summed E-state index contributed by atoms with van der Waals surface area (Å²) in [6, 6.07) is 0. The average molecular weight is 355 g/mol. The summed E-state index contributed by atoms with van der Waals surface area (Å²) in [7, 11) is 0. The molecule has 0 N–H and O–H groups in total. The molecule has 0 aromatic heterocycles. The average Bonchev–Trinajstić information content (AvgIpc) is 2.59. The van der Waals surface area contributed by atoms with E-state index in [0.717, 1.165) is 42.9 Å². The maximum absolute atomic E-state index is 13.0. The summed E-state index contributed by atoms with van der Waals surface area (Å²) >= 11 is 0. The highest BCUT2D eigenvalue weighted by Crippen LogP contribution is 2.31. The molecule has 0 amide bonds. The maximum Gasteiger partial charge on any atom is 0.0922 e. The Labute approximate surface area is 159 Å². The molecule has 0 aliphatic rings. The van der Waals surface area contributed by atoms with Gasteiger partial charge in [0.05, 0.1) is 6.67 Å². The van der Waals surface area contributed by atoms with Crippen molar-refractivity contribution in [2.45, 2.75) is 105 Å². The summed E-state index contributed by atoms with van der Waals surface area (Å²) in [5.41, 5.74) is 0. The molecule has 0 rings (SSSR count). The normalized spacial score (nSPS) is 17.7. The second kappa shape index (κ2) is 15.9. The molecule has 0 heterocycles. The topological polar surface area (TPSA) is 0 Å². The Morgan fingerprint density at radius 2 is 1.52 bits per heavy atom. The van der Waals surface area contributed by atoms with Crippen LogP contribution < -0.4 is 0 Å². The van der Waals surface area contributed by atoms with Crippen molar-refractivity contribution in [2.75, 3.05) is 6.67 Å². The van der Waals surface area contributed by atoms with Gasteiger partial charge in [0, 0.05) is 0 Å². The zero-order valence-electron chi connectivity index (χ0n) is 18.0. The molecule has 1 heteroatoms. The fourth-order valence-electron chi connectivity index (χ4n) is 4.13. The minimum absolute atomic E-state index is 0.134. The predicted molar refractivity (Wildman–Crippen MR) is 113 cm³/mol. The van der Waals surface area contributed by atoms with Gasteiger partial charge in [-0.1, -0.05) is 85.6 Å². The van der Waals surface area contributed by atoms with Gasteiger partial charge in [-0.15, -0.1) is 6.58 Å². The molecule has 25 heavy (non-hydrogen) atoms. The van der Waals surface area contributed by atoms with Crippen LogP contribution in [-0.4, -0.2) is 6.67 Å². The summed E-state index contributed by atoms with van der Waals surface area (Å²) in [6.45, 7) is 15.3. The molecule has 150 valence electrons. The number of halogens is 1. The Hall–Kier alpha value is -0.330. The fourth-order valence-corrected chi connectivity index (χ4v) is 4.13. The van der Waals surface area contributed by atoms with E-state index in [2.05, 4.69) is 47.3 Å². The van der Waals surface area contributed by atoms with Crippen molar-refractivity contribution in [1.82, 2.24) is 0 Å². The number of hydrogen-bond donors (Lipinski definition) is 0. The highest BCUT2D eigenvalue weighted by atomic mass is 19.1. The first-order valence-corrected chi connectivity index (χ1v) is 11.1. The van der Waals surface area contributed by atoms with Gasteiger partial charge in [-0.3, -0.25) is 4.39 Å². The van der Waals surface area contributed by atoms with E-state index in [9.17, 15) is 4.39 Å². The molecule has 0 aromatic carbocycles. The molecular formula is C24H47F. The minimum Gasteiger partial charge on any atom is -0.251 e. The lowest BCUT2D eigenvalue weighted by atomic mass is 9.79. The summed E-state index contributed by atoms with van der Waals surface area (Å²) in [5, 5.41) is 0. The summed E-state index contributed by atoms with van der Waals surface area (Å²) < 4.78 is 13.0. The Bertz CT molecular complexity index is 294. The predicted octanol–water partition coefficient (Wildman–Crippen LogP) is 8.61. The Kier molecular flexibility index (Phi) is 15.7. The van der Waals surface area contributed by atoms with Gasteiger partial charge in [-0.2, -0.15) is 0 Å². The zero-order valence-corrected chi connectivity index (χ0v) is 18.0. The Morgan fingerprint density at radius 3 is 2.08 bits per heavy atom. The van der Waals surface area contributed by atoms with Gasteiger partial charge in [-0.05, 0) is 55.3 Å². The quantitative estimate of drug-likeness (QED) is 0.181. The number of rotatable bonds is 17. The van der Waals surface area contributed by atoms with E-state index in [1.165, 1.54) is 51.4 Å². The third-order valence-electron chi connectivity index (χ3n) is 6.26. The first kappa shape index (κ1) is 24.7. The minimum atomic E-state index is -0.134. The molecule has 0 nitrogen and oxygen atoms in total. The van der Waals surface area contributed by atoms with Gasteiger partial charge in [0.15, 0.2) is 0 Å². The third kappa shape index (κ3) is 12.6. The molecule has 0 aliphatic carbocycles. The lowest BCUT2D eigenvalue weighted by Crippen LogP contribution is -2.15. The van der Waals surface area contributed by atoms with Crippen molar-refractivity contribution in [2.24, 2.45) is 29.6 Å². The van der Waals surface area contributed by atoms with Crippen LogP contribution in [0.3, 0.4) is 0 Å². The van der Waals surface area contributed by atoms with E-state index in [4.69, 9.17) is 0 Å². The SMILES string of the molecule is C=CCC(C)C(C)CC(C)CC(CCCCCC)CCC(CC)CF. The number of allylic oxidation sites excluding steroid dienone is 1. The van der Waals surface area contributed by atoms with Gasteiger partial charge in [0.2, 0.25) is 0 Å². The van der Waals surface area contributed by atoms with Gasteiger partial charge < -0.3 is 0 Å². The largest absolute Gasteiger partial charge is 0.251 e. The lowest BCUT2D eigenvalue weighted by molar-refractivity contribution is 0.245. The van der Waals surface area contributed by atoms with Crippen molar-refractivity contribution >= 4 is 0 Å². The zero-order chi connectivity index (χ0) is 19.1. The van der Waals surface area contributed by atoms with Crippen LogP contribution in [0.1, 0.15) is 105 Å². The van der Waals surface area contributed by atoms with Crippen molar-refractivity contribution in [3.05, 3.63) is 12.7 Å². The molecule has 0 aromatic rings. The molecule has 0 fully saturated rings. The molecule has 5 unspecified atom stereocenters. The number of hydrogen-bond acceptors (Lipinski definition) is 0. The summed E-state index contributed by atoms with van der Waals surface area (Å²) in [6.07, 6.45) is 15.9. The van der Waals surface area contributed by atoms with Crippen LogP contribution in [0.2, 0.25) is 0 Å². The van der Waals surface area contributed by atoms with E-state index < -0.39 is 0 Å². The molecule has 5 atom stereocenters. The molecule has 0 spiro atoms. The first-order valence-electron chi connectivity index (χ1n) is 11.1. The van der Waals surface area contributed by atoms with Crippen LogP contribution in [0.5, 0.6) is 0 Å². The molecule has 0 saturated heterocycles. The first-order chi connectivity index (χ1) is 12.0. The lowest BCUT2D eigenvalue weighted by Gasteiger charge is -2.26. The van der Waals surface area contributed by atoms with E-state index in [1.54, 1.807) is 0 Å². The van der Waals surface area contributed by atoms with E-state index in [0.29, 0.717) is 5.92 Å². The van der Waals surface area contributed by atoms with Crippen LogP contribution in [0.15, 0.2) is 12.7 Å². The van der Waals surface area contributed by atoms with Crippen molar-refractivity contribution in [1.29, 1.82) is 0 Å². The summed E-state index contributed by atoms with van der Waals surface area (Å²) in [4.78, 5) is 0. The standard InChI is InChI=1S/C24H47F/c1-7-10-11-12-14-24(16-15-23(9-3)19-25)18-20(4)17-22(6)21(5)13-8-2/h8,20-24H,2,7,9-19H2,1,3-6H3. The Morgan fingerprint density at radius 1 is 0.840 bits per heavy atom. The second-order valence-corrected chi connectivity index (χ2v) is 8.78. The molecule has 0 radical (unpaired) electrons. The Balaban J connectivity index is 4.43. The fraction of sp³-hybridized carbons (Fsp3) is 0.917. The van der Waals surface area contributed by atoms with Crippen LogP contribution in [0.4, 0.5) is 4.39 Å². The number of alkyl halides is 1. The van der Waals surface area contributed by atoms with Crippen LogP contribution >= 0.6 is 0 Å². The second-order valence-electron chi connectivity index (χ2n) is 8.78. The maximum atomic E-state index is 13.0. The smallest absolute Gasteiger partial charge is 0.0922 e. The molecule has 0 aliphatic heterocycles. The summed E-state index contributed by atoms with van der Waals surface area (Å²) in [5.74, 6) is 3.38. The number of unbranched alkanes of at least 4 members (excludes halogenated alkanes) is 3. The van der Waals surface area contributed by atoms with E-state index >= 15 is 0 Å². The highest BCUT2D eigenvalue weighted by molar-refractivity contribution is 4.76. The van der Waals surface area contributed by atoms with Crippen molar-refractivity contribution in [3.8, 4) is 0 Å². The highest BCUT2D eigenvalue weighted by Gasteiger charge is 2.19. The van der Waals surface area contributed by atoms with E-state index in [1.807, 2.05) is 0 Å². The van der Waals surface area contributed by atoms with Crippen molar-refractivity contribution in [3.63, 3.8) is 0 Å². The van der Waals surface area contributed by atoms with Gasteiger partial charge >= 0.3 is 0 Å². The van der Waals surface area contributed by atoms with Crippen LogP contribution in [-0.2, 0) is 0 Å². The molecule has 0 bridgehead atoms. The monoisotopic (exact) mass is 354 g/mol. The van der Waals surface area contributed by atoms with Crippen LogP contribution in [0, 0.1) is 29.6 Å². The third-order valence-corrected chi connectivity index (χ3v) is 6.26. The van der Waals surface area contributed by atoms with Gasteiger partial charge in [0.1, 0.15) is 0 Å². The van der Waals surface area contributed by atoms with E-state index in [-0.39, 0.29) is 6.67 Å². The van der Waals surface area contributed by atoms with Crippen LogP contribution in [0.25, 0.3) is 0 Å². The molecule has 0 saturated carbocycles. The van der Waals surface area contributed by atoms with Gasteiger partial charge in [0.25, 0.3) is 0 Å². The molecular weight excluding hydrogens is 307 g/mol.